The molecule has 19 heavy (non-hydrogen) atoms. The lowest BCUT2D eigenvalue weighted by molar-refractivity contribution is 0.919. The van der Waals surface area contributed by atoms with Gasteiger partial charge in [0, 0.05) is 24.3 Å². The molecule has 0 bridgehead atoms. The lowest BCUT2D eigenvalue weighted by Crippen LogP contribution is -2.16. The Bertz CT molecular complexity index is 523. The van der Waals surface area contributed by atoms with Crippen molar-refractivity contribution in [2.24, 2.45) is 5.73 Å². The van der Waals surface area contributed by atoms with Crippen molar-refractivity contribution in [3.63, 3.8) is 0 Å². The normalized spacial score (nSPS) is 10.5. The van der Waals surface area contributed by atoms with Gasteiger partial charge in [-0.15, -0.1) is 0 Å². The van der Waals surface area contributed by atoms with Crippen LogP contribution in [0.2, 0.25) is 5.02 Å². The fourth-order valence-corrected chi connectivity index (χ4v) is 2.25. The summed E-state index contributed by atoms with van der Waals surface area (Å²) in [5, 5.41) is 0.814. The van der Waals surface area contributed by atoms with Crippen LogP contribution < -0.4 is 10.6 Å². The molecule has 0 saturated heterocycles. The van der Waals surface area contributed by atoms with E-state index in [1.165, 1.54) is 11.3 Å². The van der Waals surface area contributed by atoms with Gasteiger partial charge in [-0.1, -0.05) is 41.9 Å². The van der Waals surface area contributed by atoms with Crippen molar-refractivity contribution in [3.8, 4) is 0 Å². The van der Waals surface area contributed by atoms with Crippen LogP contribution in [0.5, 0.6) is 0 Å². The molecule has 2 nitrogen and oxygen atoms in total. The number of nitrogens with zero attached hydrogens (tertiary/aromatic N) is 1. The van der Waals surface area contributed by atoms with E-state index in [2.05, 4.69) is 42.3 Å². The number of hydrogen-bond acceptors (Lipinski definition) is 2. The topological polar surface area (TPSA) is 29.3 Å². The SMILES string of the molecule is CN(Cc1ccccc1Cl)c1ccc(CCN)cc1. The minimum Gasteiger partial charge on any atom is -0.370 e. The average Bonchev–Trinajstić information content (AvgIpc) is 2.42. The summed E-state index contributed by atoms with van der Waals surface area (Å²) in [5.41, 5.74) is 9.15. The van der Waals surface area contributed by atoms with E-state index in [1.54, 1.807) is 0 Å². The Morgan fingerprint density at radius 1 is 1.05 bits per heavy atom. The molecule has 0 heterocycles. The third kappa shape index (κ3) is 3.72. The van der Waals surface area contributed by atoms with Crippen LogP contribution >= 0.6 is 11.6 Å². The van der Waals surface area contributed by atoms with Crippen molar-refractivity contribution in [1.29, 1.82) is 0 Å². The summed E-state index contributed by atoms with van der Waals surface area (Å²) in [4.78, 5) is 2.19. The molecule has 0 amide bonds. The molecular formula is C16H19ClN2. The van der Waals surface area contributed by atoms with E-state index in [1.807, 2.05) is 18.2 Å². The van der Waals surface area contributed by atoms with Gasteiger partial charge in [0.15, 0.2) is 0 Å². The Balaban J connectivity index is 2.07. The van der Waals surface area contributed by atoms with E-state index in [-0.39, 0.29) is 0 Å². The zero-order chi connectivity index (χ0) is 13.7. The highest BCUT2D eigenvalue weighted by molar-refractivity contribution is 6.31. The number of anilines is 1. The molecule has 0 radical (unpaired) electrons. The highest BCUT2D eigenvalue weighted by Crippen LogP contribution is 2.20. The first-order chi connectivity index (χ1) is 9.20. The molecule has 0 aliphatic carbocycles. The van der Waals surface area contributed by atoms with Crippen LogP contribution in [0.3, 0.4) is 0 Å². The van der Waals surface area contributed by atoms with Crippen LogP contribution in [-0.4, -0.2) is 13.6 Å². The molecule has 0 aliphatic rings. The Hall–Kier alpha value is -1.51. The maximum Gasteiger partial charge on any atom is 0.0455 e. The molecule has 0 aliphatic heterocycles. The van der Waals surface area contributed by atoms with Gasteiger partial charge in [0.2, 0.25) is 0 Å². The molecule has 0 aromatic heterocycles. The summed E-state index contributed by atoms with van der Waals surface area (Å²) in [6, 6.07) is 16.5. The Kier molecular flexibility index (Phi) is 4.83. The minimum absolute atomic E-state index is 0.689. The molecule has 0 unspecified atom stereocenters. The van der Waals surface area contributed by atoms with Gasteiger partial charge in [-0.2, -0.15) is 0 Å². The second-order valence-corrected chi connectivity index (χ2v) is 5.06. The minimum atomic E-state index is 0.689. The van der Waals surface area contributed by atoms with Crippen molar-refractivity contribution in [3.05, 3.63) is 64.7 Å². The van der Waals surface area contributed by atoms with E-state index in [4.69, 9.17) is 17.3 Å². The van der Waals surface area contributed by atoms with Crippen molar-refractivity contribution in [1.82, 2.24) is 0 Å². The maximum absolute atomic E-state index is 6.18. The largest absolute Gasteiger partial charge is 0.370 e. The van der Waals surface area contributed by atoms with Gasteiger partial charge < -0.3 is 10.6 Å². The number of hydrogen-bond donors (Lipinski definition) is 1. The molecule has 0 atom stereocenters. The number of benzene rings is 2. The van der Waals surface area contributed by atoms with Gasteiger partial charge in [-0.05, 0) is 42.3 Å². The Labute approximate surface area is 119 Å². The van der Waals surface area contributed by atoms with Gasteiger partial charge >= 0.3 is 0 Å². The van der Waals surface area contributed by atoms with Crippen molar-refractivity contribution in [2.75, 3.05) is 18.5 Å². The predicted octanol–water partition coefficient (Wildman–Crippen LogP) is 3.48. The molecule has 2 aromatic carbocycles. The van der Waals surface area contributed by atoms with Gasteiger partial charge in [0.1, 0.15) is 0 Å². The number of nitrogens with two attached hydrogens (primary N) is 1. The first kappa shape index (κ1) is 13.9. The van der Waals surface area contributed by atoms with Gasteiger partial charge in [0.25, 0.3) is 0 Å². The summed E-state index contributed by atoms with van der Waals surface area (Å²) < 4.78 is 0. The summed E-state index contributed by atoms with van der Waals surface area (Å²) in [6.07, 6.45) is 0.925. The zero-order valence-electron chi connectivity index (χ0n) is 11.1. The first-order valence-corrected chi connectivity index (χ1v) is 6.82. The van der Waals surface area contributed by atoms with E-state index in [0.29, 0.717) is 6.54 Å². The Morgan fingerprint density at radius 3 is 2.37 bits per heavy atom. The quantitative estimate of drug-likeness (QED) is 0.904. The molecule has 100 valence electrons. The van der Waals surface area contributed by atoms with Crippen molar-refractivity contribution < 1.29 is 0 Å². The van der Waals surface area contributed by atoms with E-state index < -0.39 is 0 Å². The molecule has 2 N–H and O–H groups in total. The van der Waals surface area contributed by atoms with Crippen LogP contribution in [-0.2, 0) is 13.0 Å². The molecule has 0 fully saturated rings. The third-order valence-corrected chi connectivity index (χ3v) is 3.54. The lowest BCUT2D eigenvalue weighted by atomic mass is 10.1. The highest BCUT2D eigenvalue weighted by Gasteiger charge is 2.05. The van der Waals surface area contributed by atoms with Crippen LogP contribution in [0.25, 0.3) is 0 Å². The van der Waals surface area contributed by atoms with Gasteiger partial charge in [-0.25, -0.2) is 0 Å². The molecule has 2 aromatic rings. The standard InChI is InChI=1S/C16H19ClN2/c1-19(12-14-4-2-3-5-16(14)17)15-8-6-13(7-9-15)10-11-18/h2-9H,10-12,18H2,1H3. The second-order valence-electron chi connectivity index (χ2n) is 4.65. The maximum atomic E-state index is 6.18. The van der Waals surface area contributed by atoms with E-state index in [0.717, 1.165) is 23.6 Å². The lowest BCUT2D eigenvalue weighted by Gasteiger charge is -2.20. The monoisotopic (exact) mass is 274 g/mol. The molecule has 0 saturated carbocycles. The average molecular weight is 275 g/mol. The van der Waals surface area contributed by atoms with Crippen LogP contribution in [0.15, 0.2) is 48.5 Å². The third-order valence-electron chi connectivity index (χ3n) is 3.18. The fourth-order valence-electron chi connectivity index (χ4n) is 2.06. The number of rotatable bonds is 5. The molecule has 3 heteroatoms. The number of halogens is 1. The molecular weight excluding hydrogens is 256 g/mol. The smallest absolute Gasteiger partial charge is 0.0455 e. The highest BCUT2D eigenvalue weighted by atomic mass is 35.5. The Morgan fingerprint density at radius 2 is 1.74 bits per heavy atom. The second kappa shape index (κ2) is 6.60. The van der Waals surface area contributed by atoms with E-state index in [9.17, 15) is 0 Å². The fraction of sp³-hybridized carbons (Fsp3) is 0.250. The van der Waals surface area contributed by atoms with Crippen LogP contribution in [0.4, 0.5) is 5.69 Å². The first-order valence-electron chi connectivity index (χ1n) is 6.44. The predicted molar refractivity (Wildman–Crippen MR) is 82.8 cm³/mol. The van der Waals surface area contributed by atoms with Crippen LogP contribution in [0.1, 0.15) is 11.1 Å². The zero-order valence-corrected chi connectivity index (χ0v) is 11.9. The molecule has 2 rings (SSSR count). The van der Waals surface area contributed by atoms with Crippen molar-refractivity contribution >= 4 is 17.3 Å². The van der Waals surface area contributed by atoms with Gasteiger partial charge in [0.05, 0.1) is 0 Å². The van der Waals surface area contributed by atoms with Crippen molar-refractivity contribution in [2.45, 2.75) is 13.0 Å². The van der Waals surface area contributed by atoms with Crippen LogP contribution in [0, 0.1) is 0 Å². The summed E-state index contributed by atoms with van der Waals surface area (Å²) in [5.74, 6) is 0. The molecule has 0 spiro atoms. The summed E-state index contributed by atoms with van der Waals surface area (Å²) in [6.45, 7) is 1.49. The van der Waals surface area contributed by atoms with Gasteiger partial charge in [-0.3, -0.25) is 0 Å². The summed E-state index contributed by atoms with van der Waals surface area (Å²) in [7, 11) is 2.07. The summed E-state index contributed by atoms with van der Waals surface area (Å²) >= 11 is 6.18. The van der Waals surface area contributed by atoms with E-state index >= 15 is 0 Å².